The summed E-state index contributed by atoms with van der Waals surface area (Å²) in [4.78, 5) is 0.0912. The summed E-state index contributed by atoms with van der Waals surface area (Å²) in [5.41, 5.74) is 2.27. The predicted molar refractivity (Wildman–Crippen MR) is 88.5 cm³/mol. The molecule has 2 atom stereocenters. The first kappa shape index (κ1) is 14.6. The van der Waals surface area contributed by atoms with Crippen LogP contribution < -0.4 is 0 Å². The smallest absolute Gasteiger partial charge is 0.0751 e. The van der Waals surface area contributed by atoms with Crippen LogP contribution in [0.15, 0.2) is 57.5 Å². The molecule has 0 fully saturated rings. The normalized spacial score (nSPS) is 14.2. The highest BCUT2D eigenvalue weighted by Gasteiger charge is 2.19. The fourth-order valence-electron chi connectivity index (χ4n) is 1.63. The Hall–Kier alpha value is 0.170. The fourth-order valence-corrected chi connectivity index (χ4v) is 3.06. The molecule has 4 heteroatoms. The van der Waals surface area contributed by atoms with Crippen molar-refractivity contribution in [3.8, 4) is 0 Å². The molecule has 2 aromatic rings. The molecule has 0 aliphatic rings. The Balaban J connectivity index is 2.20. The Morgan fingerprint density at radius 2 is 1.11 bits per heavy atom. The van der Waals surface area contributed by atoms with E-state index in [4.69, 9.17) is 11.6 Å². The van der Waals surface area contributed by atoms with Crippen LogP contribution in [0.1, 0.15) is 21.3 Å². The first-order valence-electron chi connectivity index (χ1n) is 5.37. The Morgan fingerprint density at radius 3 is 1.56 bits per heavy atom. The Labute approximate surface area is 137 Å². The van der Waals surface area contributed by atoms with Crippen LogP contribution in [0.3, 0.4) is 0 Å². The molecule has 0 saturated carbocycles. The van der Waals surface area contributed by atoms with Crippen molar-refractivity contribution in [2.45, 2.75) is 10.2 Å². The van der Waals surface area contributed by atoms with E-state index in [1.165, 1.54) is 5.56 Å². The predicted octanol–water partition coefficient (Wildman–Crippen LogP) is 6.63. The van der Waals surface area contributed by atoms with Crippen molar-refractivity contribution in [2.75, 3.05) is 0 Å². The quantitative estimate of drug-likeness (QED) is 0.458. The summed E-state index contributed by atoms with van der Waals surface area (Å²) in [6, 6.07) is 16.3. The maximum atomic E-state index is 6.51. The van der Waals surface area contributed by atoms with Gasteiger partial charge in [-0.15, -0.1) is 11.6 Å². The fraction of sp³-hybridized carbons (Fsp3) is 0.143. The van der Waals surface area contributed by atoms with Crippen molar-refractivity contribution in [3.05, 3.63) is 68.6 Å². The van der Waals surface area contributed by atoms with Crippen LogP contribution in [0.2, 0.25) is 0 Å². The van der Waals surface area contributed by atoms with E-state index in [1.54, 1.807) is 0 Å². The molecule has 94 valence electrons. The maximum absolute atomic E-state index is 6.51. The van der Waals surface area contributed by atoms with Crippen molar-refractivity contribution < 1.29 is 0 Å². The minimum Gasteiger partial charge on any atom is -0.116 e. The molecular weight excluding hydrogens is 443 g/mol. The van der Waals surface area contributed by atoms with E-state index in [9.17, 15) is 0 Å². The molecule has 0 aliphatic carbocycles. The van der Waals surface area contributed by atoms with Crippen LogP contribution >= 0.6 is 59.4 Å². The lowest BCUT2D eigenvalue weighted by molar-refractivity contribution is 0.909. The van der Waals surface area contributed by atoms with Gasteiger partial charge in [0.05, 0.1) is 10.2 Å². The average molecular weight is 453 g/mol. The third kappa shape index (κ3) is 3.60. The molecule has 0 amide bonds. The number of alkyl halides is 2. The zero-order chi connectivity index (χ0) is 13.1. The van der Waals surface area contributed by atoms with Gasteiger partial charge in [0, 0.05) is 8.95 Å². The maximum Gasteiger partial charge on any atom is 0.0751 e. The lowest BCUT2D eigenvalue weighted by atomic mass is 10.0. The second kappa shape index (κ2) is 6.56. The average Bonchev–Trinajstić information content (AvgIpc) is 2.39. The van der Waals surface area contributed by atoms with Crippen molar-refractivity contribution in [1.82, 2.24) is 0 Å². The van der Waals surface area contributed by atoms with E-state index in [-0.39, 0.29) is 10.2 Å². The summed E-state index contributed by atoms with van der Waals surface area (Å²) < 4.78 is 2.13. The number of hydrogen-bond acceptors (Lipinski definition) is 0. The third-order valence-electron chi connectivity index (χ3n) is 2.63. The number of halogens is 4. The molecule has 2 rings (SSSR count). The molecule has 0 unspecified atom stereocenters. The van der Waals surface area contributed by atoms with E-state index < -0.39 is 0 Å². The minimum absolute atomic E-state index is 0.0912. The van der Waals surface area contributed by atoms with Gasteiger partial charge in [0.15, 0.2) is 0 Å². The van der Waals surface area contributed by atoms with E-state index in [2.05, 4.69) is 59.9 Å². The van der Waals surface area contributed by atoms with Crippen LogP contribution in [-0.2, 0) is 0 Å². The van der Waals surface area contributed by atoms with Crippen molar-refractivity contribution >= 4 is 59.4 Å². The van der Waals surface area contributed by atoms with Gasteiger partial charge in [-0.2, -0.15) is 0 Å². The molecule has 0 nitrogen and oxygen atoms in total. The molecule has 0 N–H and O–H groups in total. The molecular formula is C14H10Br3Cl. The molecule has 0 aromatic heterocycles. The monoisotopic (exact) mass is 450 g/mol. The third-order valence-corrected chi connectivity index (χ3v) is 5.56. The zero-order valence-corrected chi connectivity index (χ0v) is 14.8. The number of benzene rings is 2. The van der Waals surface area contributed by atoms with Gasteiger partial charge in [-0.1, -0.05) is 72.1 Å². The minimum atomic E-state index is -0.0979. The Morgan fingerprint density at radius 1 is 0.722 bits per heavy atom. The lowest BCUT2D eigenvalue weighted by Crippen LogP contribution is -1.99. The zero-order valence-electron chi connectivity index (χ0n) is 9.29. The summed E-state index contributed by atoms with van der Waals surface area (Å²) >= 11 is 17.0. The highest BCUT2D eigenvalue weighted by atomic mass is 79.9. The van der Waals surface area contributed by atoms with Gasteiger partial charge in [-0.05, 0) is 35.4 Å². The first-order valence-corrected chi connectivity index (χ1v) is 8.31. The topological polar surface area (TPSA) is 0 Å². The summed E-state index contributed by atoms with van der Waals surface area (Å²) in [6.45, 7) is 0. The van der Waals surface area contributed by atoms with E-state index in [0.29, 0.717) is 0 Å². The van der Waals surface area contributed by atoms with Gasteiger partial charge < -0.3 is 0 Å². The SMILES string of the molecule is Cl[C@@H](c1ccc(Br)cc1)[C@@H](Br)c1ccc(Br)cc1. The van der Waals surface area contributed by atoms with Gasteiger partial charge in [0.2, 0.25) is 0 Å². The van der Waals surface area contributed by atoms with Crippen LogP contribution in [-0.4, -0.2) is 0 Å². The molecule has 0 spiro atoms. The van der Waals surface area contributed by atoms with E-state index in [1.807, 2.05) is 36.4 Å². The summed E-state index contributed by atoms with van der Waals surface area (Å²) in [5, 5.41) is -0.0979. The number of rotatable bonds is 3. The molecule has 0 saturated heterocycles. The first-order chi connectivity index (χ1) is 8.58. The molecule has 2 aromatic carbocycles. The molecule has 0 radical (unpaired) electrons. The summed E-state index contributed by atoms with van der Waals surface area (Å²) in [7, 11) is 0. The van der Waals surface area contributed by atoms with Gasteiger partial charge >= 0.3 is 0 Å². The van der Waals surface area contributed by atoms with Crippen molar-refractivity contribution in [3.63, 3.8) is 0 Å². The molecule has 18 heavy (non-hydrogen) atoms. The summed E-state index contributed by atoms with van der Waals surface area (Å²) in [5.74, 6) is 0. The van der Waals surface area contributed by atoms with Crippen LogP contribution in [0.25, 0.3) is 0 Å². The largest absolute Gasteiger partial charge is 0.116 e. The molecule has 0 aliphatic heterocycles. The standard InChI is InChI=1S/C14H10Br3Cl/c15-11-5-1-9(2-6-11)13(17)14(18)10-3-7-12(16)8-4-10/h1-8,13-14H/t13-,14-/m0/s1. The second-order valence-corrected chi connectivity index (χ2v) is 7.19. The van der Waals surface area contributed by atoms with Crippen molar-refractivity contribution in [2.24, 2.45) is 0 Å². The second-order valence-electron chi connectivity index (χ2n) is 3.91. The summed E-state index contributed by atoms with van der Waals surface area (Å²) in [6.07, 6.45) is 0. The highest BCUT2D eigenvalue weighted by molar-refractivity contribution is 9.10. The number of hydrogen-bond donors (Lipinski definition) is 0. The molecule has 0 bridgehead atoms. The molecule has 0 heterocycles. The van der Waals surface area contributed by atoms with Crippen LogP contribution in [0.5, 0.6) is 0 Å². The van der Waals surface area contributed by atoms with Gasteiger partial charge in [-0.25, -0.2) is 0 Å². The highest BCUT2D eigenvalue weighted by Crippen LogP contribution is 2.41. The van der Waals surface area contributed by atoms with Gasteiger partial charge in [0.25, 0.3) is 0 Å². The van der Waals surface area contributed by atoms with E-state index in [0.717, 1.165) is 14.5 Å². The van der Waals surface area contributed by atoms with Gasteiger partial charge in [0.1, 0.15) is 0 Å². The van der Waals surface area contributed by atoms with E-state index >= 15 is 0 Å². The van der Waals surface area contributed by atoms with Crippen LogP contribution in [0, 0.1) is 0 Å². The Bertz CT molecular complexity index is 458. The van der Waals surface area contributed by atoms with Crippen molar-refractivity contribution in [1.29, 1.82) is 0 Å². The lowest BCUT2D eigenvalue weighted by Gasteiger charge is -2.17. The van der Waals surface area contributed by atoms with Crippen LogP contribution in [0.4, 0.5) is 0 Å². The van der Waals surface area contributed by atoms with Gasteiger partial charge in [-0.3, -0.25) is 0 Å². The Kier molecular flexibility index (Phi) is 5.31.